The van der Waals surface area contributed by atoms with E-state index in [1.165, 1.54) is 0 Å². The van der Waals surface area contributed by atoms with E-state index in [1.54, 1.807) is 26.6 Å². The first-order valence-corrected chi connectivity index (χ1v) is 8.97. The van der Waals surface area contributed by atoms with Crippen molar-refractivity contribution in [2.75, 3.05) is 27.3 Å². The Kier molecular flexibility index (Phi) is 6.30. The minimum atomic E-state index is 0.156. The highest BCUT2D eigenvalue weighted by atomic mass is 16.5. The standard InChI is InChI=1S/C20H27N3O3/c1-14(15-4-5-18(24-2)19(10-15)25-3)23-11-16-6-8-22-13-20(16)26-17-7-9-21-12-17/h4-6,8,10,13-14,17,21,23H,7,9,11-12H2,1-3H3/t14?,17-/m0/s1. The molecule has 0 spiro atoms. The fourth-order valence-electron chi connectivity index (χ4n) is 3.07. The number of hydrogen-bond donors (Lipinski definition) is 2. The van der Waals surface area contributed by atoms with E-state index in [0.717, 1.165) is 47.9 Å². The second kappa shape index (κ2) is 8.87. The summed E-state index contributed by atoms with van der Waals surface area (Å²) in [5, 5.41) is 6.87. The Hall–Kier alpha value is -2.31. The van der Waals surface area contributed by atoms with E-state index in [9.17, 15) is 0 Å². The first-order valence-electron chi connectivity index (χ1n) is 8.97. The van der Waals surface area contributed by atoms with Gasteiger partial charge in [0.1, 0.15) is 11.9 Å². The summed E-state index contributed by atoms with van der Waals surface area (Å²) in [6, 6.07) is 8.15. The molecule has 0 amide bonds. The van der Waals surface area contributed by atoms with Gasteiger partial charge in [0, 0.05) is 30.9 Å². The number of nitrogens with one attached hydrogen (secondary N) is 2. The van der Waals surface area contributed by atoms with Gasteiger partial charge in [0.15, 0.2) is 11.5 Å². The molecule has 2 heterocycles. The van der Waals surface area contributed by atoms with Gasteiger partial charge in [0.25, 0.3) is 0 Å². The maximum absolute atomic E-state index is 6.11. The number of nitrogens with zero attached hydrogens (tertiary/aromatic N) is 1. The summed E-state index contributed by atoms with van der Waals surface area (Å²) in [6.07, 6.45) is 4.86. The number of aromatic nitrogens is 1. The fraction of sp³-hybridized carbons (Fsp3) is 0.450. The van der Waals surface area contributed by atoms with E-state index >= 15 is 0 Å². The quantitative estimate of drug-likeness (QED) is 0.757. The van der Waals surface area contributed by atoms with Crippen LogP contribution in [0.25, 0.3) is 0 Å². The predicted octanol–water partition coefficient (Wildman–Crippen LogP) is 2.69. The van der Waals surface area contributed by atoms with E-state index in [2.05, 4.69) is 22.5 Å². The highest BCUT2D eigenvalue weighted by Gasteiger charge is 2.18. The highest BCUT2D eigenvalue weighted by molar-refractivity contribution is 5.43. The molecule has 1 aromatic heterocycles. The molecular formula is C20H27N3O3. The number of hydrogen-bond acceptors (Lipinski definition) is 6. The molecule has 0 radical (unpaired) electrons. The molecule has 1 unspecified atom stereocenters. The van der Waals surface area contributed by atoms with Gasteiger partial charge in [-0.05, 0) is 43.7 Å². The molecule has 0 saturated carbocycles. The van der Waals surface area contributed by atoms with Crippen molar-refractivity contribution in [3.8, 4) is 17.2 Å². The number of methoxy groups -OCH3 is 2. The van der Waals surface area contributed by atoms with Gasteiger partial charge in [-0.15, -0.1) is 0 Å². The van der Waals surface area contributed by atoms with Crippen molar-refractivity contribution in [2.45, 2.75) is 32.0 Å². The molecule has 2 N–H and O–H groups in total. The Bertz CT molecular complexity index is 717. The average Bonchev–Trinajstić information content (AvgIpc) is 3.19. The van der Waals surface area contributed by atoms with Crippen molar-refractivity contribution in [1.29, 1.82) is 0 Å². The van der Waals surface area contributed by atoms with Gasteiger partial charge in [-0.25, -0.2) is 0 Å². The Balaban J connectivity index is 1.65. The topological polar surface area (TPSA) is 64.6 Å². The average molecular weight is 357 g/mol. The van der Waals surface area contributed by atoms with Gasteiger partial charge in [-0.2, -0.15) is 0 Å². The lowest BCUT2D eigenvalue weighted by Gasteiger charge is -2.19. The monoisotopic (exact) mass is 357 g/mol. The molecule has 0 aliphatic carbocycles. The van der Waals surface area contributed by atoms with Crippen LogP contribution in [0.5, 0.6) is 17.2 Å². The molecule has 3 rings (SSSR count). The first-order chi connectivity index (χ1) is 12.7. The molecule has 2 aromatic rings. The fourth-order valence-corrected chi connectivity index (χ4v) is 3.07. The zero-order chi connectivity index (χ0) is 18.4. The Morgan fingerprint density at radius 1 is 1.19 bits per heavy atom. The minimum Gasteiger partial charge on any atom is -0.493 e. The Morgan fingerprint density at radius 2 is 2.04 bits per heavy atom. The third-order valence-corrected chi connectivity index (χ3v) is 4.69. The number of pyridine rings is 1. The van der Waals surface area contributed by atoms with Gasteiger partial charge in [-0.3, -0.25) is 4.98 Å². The molecule has 140 valence electrons. The van der Waals surface area contributed by atoms with E-state index < -0.39 is 0 Å². The van der Waals surface area contributed by atoms with Crippen LogP contribution in [0.3, 0.4) is 0 Å². The highest BCUT2D eigenvalue weighted by Crippen LogP contribution is 2.30. The van der Waals surface area contributed by atoms with Gasteiger partial charge >= 0.3 is 0 Å². The van der Waals surface area contributed by atoms with Gasteiger partial charge in [-0.1, -0.05) is 6.07 Å². The minimum absolute atomic E-state index is 0.156. The summed E-state index contributed by atoms with van der Waals surface area (Å²) >= 11 is 0. The summed E-state index contributed by atoms with van der Waals surface area (Å²) in [7, 11) is 3.29. The van der Waals surface area contributed by atoms with E-state index in [1.807, 2.05) is 24.3 Å². The number of rotatable bonds is 8. The molecule has 2 atom stereocenters. The maximum Gasteiger partial charge on any atom is 0.161 e. The van der Waals surface area contributed by atoms with Crippen molar-refractivity contribution >= 4 is 0 Å². The van der Waals surface area contributed by atoms with Gasteiger partial charge < -0.3 is 24.8 Å². The molecular weight excluding hydrogens is 330 g/mol. The lowest BCUT2D eigenvalue weighted by atomic mass is 10.1. The molecule has 0 bridgehead atoms. The largest absolute Gasteiger partial charge is 0.493 e. The van der Waals surface area contributed by atoms with Crippen molar-refractivity contribution in [2.24, 2.45) is 0 Å². The van der Waals surface area contributed by atoms with Crippen LogP contribution < -0.4 is 24.8 Å². The maximum atomic E-state index is 6.11. The van der Waals surface area contributed by atoms with Crippen molar-refractivity contribution in [3.63, 3.8) is 0 Å². The van der Waals surface area contributed by atoms with Gasteiger partial charge in [0.2, 0.25) is 0 Å². The molecule has 6 nitrogen and oxygen atoms in total. The van der Waals surface area contributed by atoms with Crippen molar-refractivity contribution < 1.29 is 14.2 Å². The van der Waals surface area contributed by atoms with E-state index in [4.69, 9.17) is 14.2 Å². The number of benzene rings is 1. The van der Waals surface area contributed by atoms with Gasteiger partial charge in [0.05, 0.1) is 20.4 Å². The van der Waals surface area contributed by atoms with E-state index in [-0.39, 0.29) is 12.1 Å². The summed E-state index contributed by atoms with van der Waals surface area (Å²) in [4.78, 5) is 4.21. The summed E-state index contributed by atoms with van der Waals surface area (Å²) in [5.41, 5.74) is 2.25. The van der Waals surface area contributed by atoms with Crippen LogP contribution >= 0.6 is 0 Å². The van der Waals surface area contributed by atoms with E-state index in [0.29, 0.717) is 6.54 Å². The normalized spacial score (nSPS) is 17.7. The van der Waals surface area contributed by atoms with Crippen LogP contribution in [-0.2, 0) is 6.54 Å². The van der Waals surface area contributed by atoms with Crippen LogP contribution in [-0.4, -0.2) is 38.4 Å². The SMILES string of the molecule is COc1ccc(C(C)NCc2ccncc2O[C@H]2CCNC2)cc1OC. The molecule has 1 saturated heterocycles. The molecule has 1 aliphatic rings. The first kappa shape index (κ1) is 18.5. The molecule has 1 aromatic carbocycles. The zero-order valence-electron chi connectivity index (χ0n) is 15.6. The Morgan fingerprint density at radius 3 is 2.77 bits per heavy atom. The zero-order valence-corrected chi connectivity index (χ0v) is 15.6. The van der Waals surface area contributed by atoms with Crippen LogP contribution in [0, 0.1) is 0 Å². The second-order valence-corrected chi connectivity index (χ2v) is 6.43. The molecule has 6 heteroatoms. The third kappa shape index (κ3) is 4.45. The third-order valence-electron chi connectivity index (χ3n) is 4.69. The number of ether oxygens (including phenoxy) is 3. The predicted molar refractivity (Wildman–Crippen MR) is 101 cm³/mol. The summed E-state index contributed by atoms with van der Waals surface area (Å²) < 4.78 is 16.8. The molecule has 26 heavy (non-hydrogen) atoms. The molecule has 1 aliphatic heterocycles. The Labute approximate surface area is 154 Å². The van der Waals surface area contributed by atoms with Crippen LogP contribution in [0.1, 0.15) is 30.5 Å². The second-order valence-electron chi connectivity index (χ2n) is 6.43. The summed E-state index contributed by atoms with van der Waals surface area (Å²) in [6.45, 7) is 4.73. The van der Waals surface area contributed by atoms with Crippen molar-refractivity contribution in [1.82, 2.24) is 15.6 Å². The van der Waals surface area contributed by atoms with Crippen LogP contribution in [0.15, 0.2) is 36.7 Å². The summed E-state index contributed by atoms with van der Waals surface area (Å²) in [5.74, 6) is 2.33. The molecule has 1 fully saturated rings. The van der Waals surface area contributed by atoms with Crippen LogP contribution in [0.4, 0.5) is 0 Å². The van der Waals surface area contributed by atoms with Crippen molar-refractivity contribution in [3.05, 3.63) is 47.8 Å². The van der Waals surface area contributed by atoms with Crippen LogP contribution in [0.2, 0.25) is 0 Å². The smallest absolute Gasteiger partial charge is 0.161 e. The lowest BCUT2D eigenvalue weighted by Crippen LogP contribution is -2.22. The lowest BCUT2D eigenvalue weighted by molar-refractivity contribution is 0.219.